The standard InChI is InChI=1S/C30H35BrN2O2S/c1-3-4-16-32-30(35)28(19-24-11-6-5-7-12-24)33(20-25-13-9-15-27(31)18-25)29(34)22-36-21-26-14-8-10-23(2)17-26/h5-15,17-18,28H,3-4,16,19-22H2,1-2H3,(H,32,35). The van der Waals surface area contributed by atoms with Crippen LogP contribution in [0.2, 0.25) is 0 Å². The summed E-state index contributed by atoms with van der Waals surface area (Å²) in [7, 11) is 0. The van der Waals surface area contributed by atoms with E-state index >= 15 is 0 Å². The Morgan fingerprint density at radius 3 is 2.39 bits per heavy atom. The first-order valence-corrected chi connectivity index (χ1v) is 14.4. The van der Waals surface area contributed by atoms with E-state index in [1.54, 1.807) is 16.7 Å². The fourth-order valence-corrected chi connectivity index (χ4v) is 5.34. The molecule has 0 fully saturated rings. The monoisotopic (exact) mass is 566 g/mol. The predicted molar refractivity (Wildman–Crippen MR) is 154 cm³/mol. The minimum absolute atomic E-state index is 0.0285. The van der Waals surface area contributed by atoms with Crippen LogP contribution in [0.25, 0.3) is 0 Å². The van der Waals surface area contributed by atoms with Crippen LogP contribution < -0.4 is 5.32 Å². The Labute approximate surface area is 228 Å². The van der Waals surface area contributed by atoms with Crippen LogP contribution in [-0.2, 0) is 28.3 Å². The molecule has 6 heteroatoms. The van der Waals surface area contributed by atoms with Gasteiger partial charge >= 0.3 is 0 Å². The fraction of sp³-hybridized carbons (Fsp3) is 0.333. The maximum atomic E-state index is 13.7. The van der Waals surface area contributed by atoms with Crippen molar-refractivity contribution < 1.29 is 9.59 Å². The first kappa shape index (κ1) is 28.0. The van der Waals surface area contributed by atoms with Crippen molar-refractivity contribution in [1.82, 2.24) is 10.2 Å². The van der Waals surface area contributed by atoms with Gasteiger partial charge in [0.15, 0.2) is 0 Å². The molecule has 1 atom stereocenters. The molecule has 1 unspecified atom stereocenters. The summed E-state index contributed by atoms with van der Waals surface area (Å²) in [6, 6.07) is 25.6. The van der Waals surface area contributed by atoms with Crippen molar-refractivity contribution in [3.63, 3.8) is 0 Å². The fourth-order valence-electron chi connectivity index (χ4n) is 4.03. The summed E-state index contributed by atoms with van der Waals surface area (Å²) in [4.78, 5) is 28.9. The Kier molecular flexibility index (Phi) is 11.6. The molecule has 1 N–H and O–H groups in total. The molecule has 3 rings (SSSR count). The molecule has 2 amide bonds. The van der Waals surface area contributed by atoms with Crippen LogP contribution in [0, 0.1) is 6.92 Å². The minimum Gasteiger partial charge on any atom is -0.354 e. The van der Waals surface area contributed by atoms with Gasteiger partial charge in [-0.2, -0.15) is 0 Å². The van der Waals surface area contributed by atoms with Crippen LogP contribution >= 0.6 is 27.7 Å². The average Bonchev–Trinajstić information content (AvgIpc) is 2.87. The number of halogens is 1. The number of nitrogens with one attached hydrogen (secondary N) is 1. The van der Waals surface area contributed by atoms with Crippen molar-refractivity contribution in [3.8, 4) is 0 Å². The smallest absolute Gasteiger partial charge is 0.243 e. The van der Waals surface area contributed by atoms with Crippen molar-refractivity contribution in [1.29, 1.82) is 0 Å². The van der Waals surface area contributed by atoms with E-state index in [1.807, 2.05) is 60.7 Å². The first-order valence-electron chi connectivity index (χ1n) is 12.4. The van der Waals surface area contributed by atoms with Gasteiger partial charge in [0.2, 0.25) is 11.8 Å². The normalized spacial score (nSPS) is 11.6. The van der Waals surface area contributed by atoms with Crippen LogP contribution in [0.4, 0.5) is 0 Å². The second-order valence-corrected chi connectivity index (χ2v) is 10.9. The number of nitrogens with zero attached hydrogens (tertiary/aromatic N) is 1. The Morgan fingerprint density at radius 1 is 0.944 bits per heavy atom. The lowest BCUT2D eigenvalue weighted by Gasteiger charge is -2.31. The van der Waals surface area contributed by atoms with Crippen LogP contribution in [0.1, 0.15) is 42.0 Å². The molecule has 0 aliphatic rings. The molecular weight excluding hydrogens is 532 g/mol. The van der Waals surface area contributed by atoms with Gasteiger partial charge in [-0.1, -0.05) is 102 Å². The number of carbonyl (C=O) groups excluding carboxylic acids is 2. The largest absolute Gasteiger partial charge is 0.354 e. The van der Waals surface area contributed by atoms with Crippen LogP contribution in [0.15, 0.2) is 83.3 Å². The first-order chi connectivity index (χ1) is 17.5. The predicted octanol–water partition coefficient (Wildman–Crippen LogP) is 6.55. The van der Waals surface area contributed by atoms with Crippen molar-refractivity contribution in [2.75, 3.05) is 12.3 Å². The molecule has 190 valence electrons. The molecule has 0 aliphatic heterocycles. The van der Waals surface area contributed by atoms with Gasteiger partial charge in [0.05, 0.1) is 5.75 Å². The van der Waals surface area contributed by atoms with Gasteiger partial charge in [0, 0.05) is 29.7 Å². The van der Waals surface area contributed by atoms with E-state index in [1.165, 1.54) is 11.1 Å². The number of amides is 2. The maximum absolute atomic E-state index is 13.7. The van der Waals surface area contributed by atoms with Gasteiger partial charge in [0.25, 0.3) is 0 Å². The van der Waals surface area contributed by atoms with Gasteiger partial charge < -0.3 is 10.2 Å². The molecule has 3 aromatic carbocycles. The lowest BCUT2D eigenvalue weighted by Crippen LogP contribution is -2.51. The third kappa shape index (κ3) is 9.14. The summed E-state index contributed by atoms with van der Waals surface area (Å²) in [5, 5.41) is 3.08. The second kappa shape index (κ2) is 14.9. The summed E-state index contributed by atoms with van der Waals surface area (Å²) in [5.74, 6) is 0.943. The lowest BCUT2D eigenvalue weighted by molar-refractivity contribution is -0.139. The van der Waals surface area contributed by atoms with E-state index in [0.717, 1.165) is 34.2 Å². The molecular formula is C30H35BrN2O2S. The molecule has 0 saturated heterocycles. The highest BCUT2D eigenvalue weighted by molar-refractivity contribution is 9.10. The van der Waals surface area contributed by atoms with E-state index in [4.69, 9.17) is 0 Å². The highest BCUT2D eigenvalue weighted by Crippen LogP contribution is 2.20. The Balaban J connectivity index is 1.83. The van der Waals surface area contributed by atoms with Crippen LogP contribution in [0.3, 0.4) is 0 Å². The highest BCUT2D eigenvalue weighted by Gasteiger charge is 2.30. The summed E-state index contributed by atoms with van der Waals surface area (Å²) >= 11 is 5.13. The second-order valence-electron chi connectivity index (χ2n) is 8.98. The maximum Gasteiger partial charge on any atom is 0.243 e. The average molecular weight is 568 g/mol. The van der Waals surface area contributed by atoms with E-state index in [-0.39, 0.29) is 11.8 Å². The van der Waals surface area contributed by atoms with Gasteiger partial charge in [-0.25, -0.2) is 0 Å². The molecule has 0 spiro atoms. The molecule has 0 aliphatic carbocycles. The number of carbonyl (C=O) groups is 2. The number of hydrogen-bond donors (Lipinski definition) is 1. The topological polar surface area (TPSA) is 49.4 Å². The molecule has 0 saturated carbocycles. The van der Waals surface area contributed by atoms with Gasteiger partial charge in [0.1, 0.15) is 6.04 Å². The molecule has 4 nitrogen and oxygen atoms in total. The Morgan fingerprint density at radius 2 is 1.67 bits per heavy atom. The van der Waals surface area contributed by atoms with E-state index in [2.05, 4.69) is 53.3 Å². The molecule has 0 aromatic heterocycles. The summed E-state index contributed by atoms with van der Waals surface area (Å²) in [6.45, 7) is 5.16. The Bertz CT molecular complexity index is 1120. The zero-order valence-corrected chi connectivity index (χ0v) is 23.5. The van der Waals surface area contributed by atoms with E-state index in [9.17, 15) is 9.59 Å². The van der Waals surface area contributed by atoms with Crippen molar-refractivity contribution >= 4 is 39.5 Å². The number of rotatable bonds is 13. The van der Waals surface area contributed by atoms with Gasteiger partial charge in [-0.3, -0.25) is 9.59 Å². The number of hydrogen-bond acceptors (Lipinski definition) is 3. The molecule has 0 heterocycles. The summed E-state index contributed by atoms with van der Waals surface area (Å²) in [6.07, 6.45) is 2.39. The van der Waals surface area contributed by atoms with Crippen molar-refractivity contribution in [2.45, 2.75) is 51.4 Å². The van der Waals surface area contributed by atoms with Crippen LogP contribution in [-0.4, -0.2) is 35.1 Å². The summed E-state index contributed by atoms with van der Waals surface area (Å²) < 4.78 is 0.952. The zero-order valence-electron chi connectivity index (χ0n) is 21.1. The van der Waals surface area contributed by atoms with E-state index < -0.39 is 6.04 Å². The van der Waals surface area contributed by atoms with Gasteiger partial charge in [-0.15, -0.1) is 11.8 Å². The molecule has 0 bridgehead atoms. The quantitative estimate of drug-likeness (QED) is 0.239. The highest BCUT2D eigenvalue weighted by atomic mass is 79.9. The third-order valence-electron chi connectivity index (χ3n) is 5.92. The van der Waals surface area contributed by atoms with Crippen molar-refractivity contribution in [2.24, 2.45) is 0 Å². The molecule has 36 heavy (non-hydrogen) atoms. The SMILES string of the molecule is CCCCNC(=O)C(Cc1ccccc1)N(Cc1cccc(Br)c1)C(=O)CSCc1cccc(C)c1. The molecule has 3 aromatic rings. The Hall–Kier alpha value is -2.57. The third-order valence-corrected chi connectivity index (χ3v) is 7.40. The number of benzene rings is 3. The van der Waals surface area contributed by atoms with Crippen LogP contribution in [0.5, 0.6) is 0 Å². The lowest BCUT2D eigenvalue weighted by atomic mass is 10.0. The van der Waals surface area contributed by atoms with Crippen molar-refractivity contribution in [3.05, 3.63) is 106 Å². The molecule has 0 radical (unpaired) electrons. The summed E-state index contributed by atoms with van der Waals surface area (Å²) in [5.41, 5.74) is 4.43. The van der Waals surface area contributed by atoms with E-state index in [0.29, 0.717) is 25.3 Å². The number of thioether (sulfide) groups is 1. The van der Waals surface area contributed by atoms with Gasteiger partial charge in [-0.05, 0) is 42.2 Å². The zero-order chi connectivity index (χ0) is 25.8. The minimum atomic E-state index is -0.588. The number of unbranched alkanes of at least 4 members (excludes halogenated alkanes) is 1. The number of aryl methyl sites for hydroxylation is 1.